The Morgan fingerprint density at radius 1 is 1.00 bits per heavy atom. The molecule has 0 bridgehead atoms. The van der Waals surface area contributed by atoms with Crippen LogP contribution in [-0.2, 0) is 26.4 Å². The predicted octanol–water partition coefficient (Wildman–Crippen LogP) is 1.30. The Morgan fingerprint density at radius 2 is 1.56 bits per heavy atom. The SMILES string of the molecule is CC(=O)NNS(=O)(=O)c1ccc(-n2nc(C(F)(F)F)cc2-c2ccc(C(C)(C)C)cc2)cc1.[H-].[Na+]. The Morgan fingerprint density at radius 3 is 2.03 bits per heavy atom. The maximum atomic E-state index is 13.4. The molecule has 0 saturated carbocycles. The molecular weight excluding hydrogens is 480 g/mol. The molecule has 3 aromatic rings. The topological polar surface area (TPSA) is 93.1 Å². The van der Waals surface area contributed by atoms with Gasteiger partial charge in [0.25, 0.3) is 10.0 Å². The van der Waals surface area contributed by atoms with Crippen LogP contribution in [0, 0.1) is 0 Å². The summed E-state index contributed by atoms with van der Waals surface area (Å²) in [5.41, 5.74) is 2.77. The molecule has 0 aliphatic rings. The maximum absolute atomic E-state index is 13.4. The van der Waals surface area contributed by atoms with Crippen molar-refractivity contribution >= 4 is 15.9 Å². The minimum atomic E-state index is -4.66. The van der Waals surface area contributed by atoms with Crippen LogP contribution >= 0.6 is 0 Å². The molecule has 0 radical (unpaired) electrons. The second kappa shape index (κ2) is 10.2. The van der Waals surface area contributed by atoms with Gasteiger partial charge in [0.1, 0.15) is 0 Å². The summed E-state index contributed by atoms with van der Waals surface area (Å²) in [6, 6.07) is 13.2. The van der Waals surface area contributed by atoms with Crippen molar-refractivity contribution in [3.05, 3.63) is 65.9 Å². The molecular formula is C22H24F3N4NaO3S. The van der Waals surface area contributed by atoms with Crippen LogP contribution < -0.4 is 39.8 Å². The molecule has 0 aliphatic heterocycles. The summed E-state index contributed by atoms with van der Waals surface area (Å²) in [6.45, 7) is 7.23. The molecule has 0 aliphatic carbocycles. The van der Waals surface area contributed by atoms with E-state index in [1.54, 1.807) is 12.1 Å². The van der Waals surface area contributed by atoms with E-state index in [0.29, 0.717) is 5.56 Å². The largest absolute Gasteiger partial charge is 1.00 e. The minimum absolute atomic E-state index is 0. The molecule has 2 aromatic carbocycles. The molecule has 7 nitrogen and oxygen atoms in total. The fourth-order valence-electron chi connectivity index (χ4n) is 3.03. The van der Waals surface area contributed by atoms with E-state index in [0.717, 1.165) is 23.2 Å². The van der Waals surface area contributed by atoms with Gasteiger partial charge in [-0.2, -0.15) is 18.3 Å². The number of nitrogens with zero attached hydrogens (tertiary/aromatic N) is 2. The van der Waals surface area contributed by atoms with E-state index in [-0.39, 0.29) is 52.7 Å². The molecule has 2 N–H and O–H groups in total. The molecule has 1 heterocycles. The van der Waals surface area contributed by atoms with E-state index in [1.165, 1.54) is 24.3 Å². The van der Waals surface area contributed by atoms with Gasteiger partial charge in [0.2, 0.25) is 5.91 Å². The quantitative estimate of drug-likeness (QED) is 0.405. The zero-order valence-electron chi connectivity index (χ0n) is 20.4. The predicted molar refractivity (Wildman–Crippen MR) is 118 cm³/mol. The van der Waals surface area contributed by atoms with Gasteiger partial charge in [0.05, 0.1) is 16.3 Å². The van der Waals surface area contributed by atoms with Gasteiger partial charge in [-0.1, -0.05) is 45.0 Å². The number of carbonyl (C=O) groups excluding carboxylic acids is 1. The van der Waals surface area contributed by atoms with Gasteiger partial charge < -0.3 is 1.43 Å². The smallest absolute Gasteiger partial charge is 1.00 e. The van der Waals surface area contributed by atoms with Crippen LogP contribution in [0.4, 0.5) is 13.2 Å². The third-order valence-corrected chi connectivity index (χ3v) is 6.06. The van der Waals surface area contributed by atoms with E-state index in [1.807, 2.05) is 43.2 Å². The Hall–Kier alpha value is -2.18. The first-order chi connectivity index (χ1) is 15.2. The number of nitrogens with one attached hydrogen (secondary N) is 2. The van der Waals surface area contributed by atoms with E-state index >= 15 is 0 Å². The van der Waals surface area contributed by atoms with Gasteiger partial charge >= 0.3 is 35.7 Å². The molecule has 0 spiro atoms. The van der Waals surface area contributed by atoms with Crippen LogP contribution in [0.1, 0.15) is 40.4 Å². The number of amides is 1. The Labute approximate surface area is 219 Å². The number of benzene rings is 2. The van der Waals surface area contributed by atoms with Crippen molar-refractivity contribution in [2.24, 2.45) is 0 Å². The van der Waals surface area contributed by atoms with Crippen LogP contribution in [0.5, 0.6) is 0 Å². The zero-order chi connectivity index (χ0) is 24.6. The van der Waals surface area contributed by atoms with E-state index in [4.69, 9.17) is 0 Å². The number of aromatic nitrogens is 2. The standard InChI is InChI=1S/C22H23F3N4O3S.Na.H/c1-14(30)26-28-33(31,32)18-11-9-17(10-12-18)29-19(13-20(27-29)22(23,24)25)15-5-7-16(8-6-15)21(2,3)4;;/h5-13,28H,1-4H3,(H,26,30);;/q;+1;-1. The molecule has 12 heteroatoms. The van der Waals surface area contributed by atoms with Gasteiger partial charge in [-0.25, -0.2) is 13.1 Å². The normalized spacial score (nSPS) is 12.2. The fraction of sp³-hybridized carbons (Fsp3) is 0.273. The summed E-state index contributed by atoms with van der Waals surface area (Å²) in [5.74, 6) is -0.603. The van der Waals surface area contributed by atoms with Crippen molar-refractivity contribution in [2.45, 2.75) is 44.2 Å². The first-order valence-corrected chi connectivity index (χ1v) is 11.3. The number of rotatable bonds is 5. The summed E-state index contributed by atoms with van der Waals surface area (Å²) in [6.07, 6.45) is -4.66. The second-order valence-corrected chi connectivity index (χ2v) is 10.1. The maximum Gasteiger partial charge on any atom is 1.00 e. The summed E-state index contributed by atoms with van der Waals surface area (Å²) >= 11 is 0. The van der Waals surface area contributed by atoms with Crippen molar-refractivity contribution in [3.63, 3.8) is 0 Å². The number of alkyl halides is 3. The van der Waals surface area contributed by atoms with Crippen LogP contribution in [-0.4, -0.2) is 24.1 Å². The van der Waals surface area contributed by atoms with E-state index in [2.05, 4.69) is 5.10 Å². The minimum Gasteiger partial charge on any atom is -1.00 e. The van der Waals surface area contributed by atoms with Gasteiger partial charge in [0, 0.05) is 12.5 Å². The Balaban J connectivity index is 0.00000306. The van der Waals surface area contributed by atoms with E-state index < -0.39 is 27.8 Å². The van der Waals surface area contributed by atoms with Gasteiger partial charge in [-0.15, -0.1) is 4.83 Å². The number of halogens is 3. The van der Waals surface area contributed by atoms with Crippen molar-refractivity contribution in [1.82, 2.24) is 20.0 Å². The third-order valence-electron chi connectivity index (χ3n) is 4.80. The number of hydrogen-bond acceptors (Lipinski definition) is 4. The Kier molecular flexibility index (Phi) is 8.42. The molecule has 178 valence electrons. The zero-order valence-corrected chi connectivity index (χ0v) is 22.2. The summed E-state index contributed by atoms with van der Waals surface area (Å²) in [5, 5.41) is 3.72. The van der Waals surface area contributed by atoms with Crippen molar-refractivity contribution in [3.8, 4) is 16.9 Å². The molecule has 34 heavy (non-hydrogen) atoms. The van der Waals surface area contributed by atoms with Gasteiger partial charge in [-0.3, -0.25) is 10.2 Å². The fourth-order valence-corrected chi connectivity index (χ4v) is 3.92. The molecule has 1 aromatic heterocycles. The summed E-state index contributed by atoms with van der Waals surface area (Å²) in [4.78, 5) is 12.7. The van der Waals surface area contributed by atoms with Crippen LogP contribution in [0.15, 0.2) is 59.5 Å². The van der Waals surface area contributed by atoms with Crippen molar-refractivity contribution in [2.75, 3.05) is 0 Å². The van der Waals surface area contributed by atoms with Gasteiger partial charge in [-0.05, 0) is 41.3 Å². The van der Waals surface area contributed by atoms with Gasteiger partial charge in [0.15, 0.2) is 5.69 Å². The number of hydrogen-bond donors (Lipinski definition) is 2. The second-order valence-electron chi connectivity index (χ2n) is 8.43. The summed E-state index contributed by atoms with van der Waals surface area (Å²) in [7, 11) is -4.05. The average molecular weight is 505 g/mol. The van der Waals surface area contributed by atoms with Crippen LogP contribution in [0.25, 0.3) is 16.9 Å². The molecule has 3 rings (SSSR count). The van der Waals surface area contributed by atoms with Crippen LogP contribution in [0.3, 0.4) is 0 Å². The number of sulfonamides is 1. The van der Waals surface area contributed by atoms with Crippen molar-refractivity contribution < 1.29 is 57.4 Å². The summed E-state index contributed by atoms with van der Waals surface area (Å²) < 4.78 is 65.8. The first kappa shape index (κ1) is 28.1. The average Bonchev–Trinajstić information content (AvgIpc) is 3.18. The number of carbonyl (C=O) groups is 1. The molecule has 0 fully saturated rings. The molecule has 1 amide bonds. The van der Waals surface area contributed by atoms with Crippen molar-refractivity contribution in [1.29, 1.82) is 0 Å². The first-order valence-electron chi connectivity index (χ1n) is 9.85. The monoisotopic (exact) mass is 504 g/mol. The molecule has 0 saturated heterocycles. The van der Waals surface area contributed by atoms with E-state index in [9.17, 15) is 26.4 Å². The third kappa shape index (κ3) is 6.48. The Bertz CT molecular complexity index is 1270. The number of hydrazine groups is 1. The van der Waals surface area contributed by atoms with Crippen LogP contribution in [0.2, 0.25) is 0 Å². The molecule has 0 atom stereocenters. The molecule has 0 unspecified atom stereocenters.